The first kappa shape index (κ1) is 12.0. The van der Waals surface area contributed by atoms with Crippen LogP contribution in [0.4, 0.5) is 0 Å². The van der Waals surface area contributed by atoms with Gasteiger partial charge in [0.2, 0.25) is 0 Å². The summed E-state index contributed by atoms with van der Waals surface area (Å²) in [4.78, 5) is 10.8. The molecule has 2 aromatic rings. The van der Waals surface area contributed by atoms with E-state index in [9.17, 15) is 4.79 Å². The third-order valence-corrected chi connectivity index (χ3v) is 3.95. The van der Waals surface area contributed by atoms with Crippen LogP contribution in [0.15, 0.2) is 48.5 Å². The lowest BCUT2D eigenvalue weighted by Gasteiger charge is -2.25. The molecule has 3 rings (SSSR count). The number of aromatic carboxylic acids is 1. The van der Waals surface area contributed by atoms with E-state index in [1.54, 1.807) is 12.1 Å². The van der Waals surface area contributed by atoms with Crippen molar-refractivity contribution in [2.45, 2.75) is 25.2 Å². The summed E-state index contributed by atoms with van der Waals surface area (Å²) < 4.78 is 0. The van der Waals surface area contributed by atoms with Crippen LogP contribution in [0.5, 0.6) is 0 Å². The predicted octanol–water partition coefficient (Wildman–Crippen LogP) is 4.32. The summed E-state index contributed by atoms with van der Waals surface area (Å²) in [5.41, 5.74) is 3.96. The average molecular weight is 252 g/mol. The maximum Gasteiger partial charge on any atom is 0.335 e. The summed E-state index contributed by atoms with van der Waals surface area (Å²) in [5.74, 6) is -0.129. The van der Waals surface area contributed by atoms with Crippen LogP contribution in [-0.2, 0) is 0 Å². The zero-order valence-electron chi connectivity index (χ0n) is 10.7. The van der Waals surface area contributed by atoms with Gasteiger partial charge in [-0.15, -0.1) is 0 Å². The van der Waals surface area contributed by atoms with Crippen LogP contribution >= 0.6 is 0 Å². The Morgan fingerprint density at radius 3 is 1.84 bits per heavy atom. The van der Waals surface area contributed by atoms with Gasteiger partial charge in [0, 0.05) is 0 Å². The van der Waals surface area contributed by atoms with Gasteiger partial charge < -0.3 is 5.11 Å². The third kappa shape index (κ3) is 2.39. The molecule has 1 saturated carbocycles. The summed E-state index contributed by atoms with van der Waals surface area (Å²) in [6.07, 6.45) is 3.97. The zero-order chi connectivity index (χ0) is 13.2. The number of hydrogen-bond acceptors (Lipinski definition) is 1. The van der Waals surface area contributed by atoms with E-state index < -0.39 is 5.97 Å². The minimum atomic E-state index is -0.883. The second kappa shape index (κ2) is 4.88. The average Bonchev–Trinajstić information content (AvgIpc) is 2.38. The lowest BCUT2D eigenvalue weighted by atomic mass is 9.80. The first-order valence-electron chi connectivity index (χ1n) is 6.68. The Morgan fingerprint density at radius 1 is 0.895 bits per heavy atom. The van der Waals surface area contributed by atoms with Crippen molar-refractivity contribution in [3.05, 3.63) is 59.7 Å². The number of rotatable bonds is 3. The molecule has 0 spiro atoms. The Morgan fingerprint density at radius 2 is 1.42 bits per heavy atom. The Labute approximate surface area is 112 Å². The van der Waals surface area contributed by atoms with Crippen molar-refractivity contribution in [1.82, 2.24) is 0 Å². The molecule has 2 heteroatoms. The molecule has 0 amide bonds. The Bertz CT molecular complexity index is 578. The van der Waals surface area contributed by atoms with Crippen molar-refractivity contribution >= 4 is 5.97 Å². The van der Waals surface area contributed by atoms with Crippen molar-refractivity contribution in [2.24, 2.45) is 0 Å². The highest BCUT2D eigenvalue weighted by atomic mass is 16.4. The standard InChI is InChI=1S/C17H16O2/c18-17(19)16-10-8-15(9-11-16)14-6-4-13(5-7-14)12-2-1-3-12/h4-12H,1-3H2,(H,18,19). The fourth-order valence-electron chi connectivity index (χ4n) is 2.49. The van der Waals surface area contributed by atoms with Gasteiger partial charge in [0.25, 0.3) is 0 Å². The van der Waals surface area contributed by atoms with Crippen molar-refractivity contribution < 1.29 is 9.90 Å². The van der Waals surface area contributed by atoms with Crippen LogP contribution in [0.3, 0.4) is 0 Å². The van der Waals surface area contributed by atoms with Gasteiger partial charge in [-0.2, -0.15) is 0 Å². The molecule has 0 aliphatic heterocycles. The summed E-state index contributed by atoms with van der Waals surface area (Å²) in [6, 6.07) is 15.7. The van der Waals surface area contributed by atoms with Crippen LogP contribution in [0.2, 0.25) is 0 Å². The second-order valence-electron chi connectivity index (χ2n) is 5.13. The fourth-order valence-corrected chi connectivity index (χ4v) is 2.49. The highest BCUT2D eigenvalue weighted by Crippen LogP contribution is 2.36. The monoisotopic (exact) mass is 252 g/mol. The Balaban J connectivity index is 1.83. The fraction of sp³-hybridized carbons (Fsp3) is 0.235. The van der Waals surface area contributed by atoms with E-state index in [2.05, 4.69) is 24.3 Å². The highest BCUT2D eigenvalue weighted by Gasteiger charge is 2.18. The molecule has 0 heterocycles. The topological polar surface area (TPSA) is 37.3 Å². The van der Waals surface area contributed by atoms with Gasteiger partial charge in [-0.3, -0.25) is 0 Å². The van der Waals surface area contributed by atoms with Gasteiger partial charge in [-0.25, -0.2) is 4.79 Å². The number of hydrogen-bond donors (Lipinski definition) is 1. The largest absolute Gasteiger partial charge is 0.478 e. The molecule has 96 valence electrons. The lowest BCUT2D eigenvalue weighted by molar-refractivity contribution is 0.0697. The lowest BCUT2D eigenvalue weighted by Crippen LogP contribution is -2.08. The summed E-state index contributed by atoms with van der Waals surface area (Å²) in [5, 5.41) is 8.88. The van der Waals surface area contributed by atoms with Crippen molar-refractivity contribution in [3.63, 3.8) is 0 Å². The molecule has 19 heavy (non-hydrogen) atoms. The van der Waals surface area contributed by atoms with E-state index in [1.165, 1.54) is 24.8 Å². The van der Waals surface area contributed by atoms with E-state index >= 15 is 0 Å². The molecular formula is C17H16O2. The molecule has 0 unspecified atom stereocenters. The number of benzene rings is 2. The zero-order valence-corrected chi connectivity index (χ0v) is 10.7. The van der Waals surface area contributed by atoms with Gasteiger partial charge in [0.15, 0.2) is 0 Å². The summed E-state index contributed by atoms with van der Waals surface area (Å²) in [7, 11) is 0. The molecular weight excluding hydrogens is 236 g/mol. The Hall–Kier alpha value is -2.09. The molecule has 1 aliphatic carbocycles. The maximum absolute atomic E-state index is 10.8. The minimum Gasteiger partial charge on any atom is -0.478 e. The van der Waals surface area contributed by atoms with Crippen molar-refractivity contribution in [3.8, 4) is 11.1 Å². The molecule has 2 aromatic carbocycles. The van der Waals surface area contributed by atoms with Crippen LogP contribution in [0, 0.1) is 0 Å². The minimum absolute atomic E-state index is 0.329. The van der Waals surface area contributed by atoms with E-state index in [0.29, 0.717) is 5.56 Å². The molecule has 0 bridgehead atoms. The van der Waals surface area contributed by atoms with E-state index in [-0.39, 0.29) is 0 Å². The highest BCUT2D eigenvalue weighted by molar-refractivity contribution is 5.88. The molecule has 0 aromatic heterocycles. The predicted molar refractivity (Wildman–Crippen MR) is 75.4 cm³/mol. The molecule has 1 fully saturated rings. The molecule has 2 nitrogen and oxygen atoms in total. The summed E-state index contributed by atoms with van der Waals surface area (Å²) >= 11 is 0. The number of carbonyl (C=O) groups is 1. The summed E-state index contributed by atoms with van der Waals surface area (Å²) in [6.45, 7) is 0. The van der Waals surface area contributed by atoms with Gasteiger partial charge in [0.1, 0.15) is 0 Å². The van der Waals surface area contributed by atoms with Gasteiger partial charge >= 0.3 is 5.97 Å². The van der Waals surface area contributed by atoms with Crippen LogP contribution in [0.1, 0.15) is 41.1 Å². The molecule has 1 N–H and O–H groups in total. The van der Waals surface area contributed by atoms with E-state index in [1.807, 2.05) is 12.1 Å². The molecule has 0 radical (unpaired) electrons. The number of carboxylic acid groups (broad SMARTS) is 1. The van der Waals surface area contributed by atoms with Crippen LogP contribution in [-0.4, -0.2) is 11.1 Å². The number of carboxylic acids is 1. The van der Waals surface area contributed by atoms with Crippen molar-refractivity contribution in [1.29, 1.82) is 0 Å². The molecule has 0 atom stereocenters. The molecule has 0 saturated heterocycles. The van der Waals surface area contributed by atoms with Crippen LogP contribution < -0.4 is 0 Å². The normalized spacial score (nSPS) is 14.9. The van der Waals surface area contributed by atoms with Crippen LogP contribution in [0.25, 0.3) is 11.1 Å². The van der Waals surface area contributed by atoms with Gasteiger partial charge in [-0.05, 0) is 47.6 Å². The third-order valence-electron chi connectivity index (χ3n) is 3.95. The smallest absolute Gasteiger partial charge is 0.335 e. The quantitative estimate of drug-likeness (QED) is 0.883. The Kier molecular flexibility index (Phi) is 3.08. The second-order valence-corrected chi connectivity index (χ2v) is 5.13. The first-order chi connectivity index (χ1) is 9.24. The van der Waals surface area contributed by atoms with E-state index in [4.69, 9.17) is 5.11 Å². The first-order valence-corrected chi connectivity index (χ1v) is 6.68. The van der Waals surface area contributed by atoms with E-state index in [0.717, 1.165) is 17.0 Å². The van der Waals surface area contributed by atoms with Gasteiger partial charge in [0.05, 0.1) is 5.56 Å². The maximum atomic E-state index is 10.8. The SMILES string of the molecule is O=C(O)c1ccc(-c2ccc(C3CCC3)cc2)cc1. The molecule has 1 aliphatic rings. The van der Waals surface area contributed by atoms with Crippen molar-refractivity contribution in [2.75, 3.05) is 0 Å². The van der Waals surface area contributed by atoms with Gasteiger partial charge in [-0.1, -0.05) is 42.8 Å².